The van der Waals surface area contributed by atoms with Crippen LogP contribution in [0.15, 0.2) is 36.4 Å². The number of hydrogen-bond donors (Lipinski definition) is 2. The smallest absolute Gasteiger partial charge is 0.258 e. The van der Waals surface area contributed by atoms with Gasteiger partial charge in [0.2, 0.25) is 0 Å². The predicted octanol–water partition coefficient (Wildman–Crippen LogP) is 3.62. The number of nitrogen functional groups attached to an aromatic ring is 1. The van der Waals surface area contributed by atoms with Crippen molar-refractivity contribution in [3.05, 3.63) is 58.4 Å². The van der Waals surface area contributed by atoms with Crippen molar-refractivity contribution >= 4 is 28.9 Å². The molecular weight excluding hydrogens is 267 g/mol. The molecule has 3 N–H and O–H groups in total. The molecule has 2 rings (SSSR count). The van der Waals surface area contributed by atoms with Crippen LogP contribution in [0.4, 0.5) is 15.8 Å². The first-order valence-corrected chi connectivity index (χ1v) is 5.97. The molecule has 0 heterocycles. The molecule has 19 heavy (non-hydrogen) atoms. The van der Waals surface area contributed by atoms with Crippen LogP contribution in [0.2, 0.25) is 5.02 Å². The maximum Gasteiger partial charge on any atom is 0.258 e. The van der Waals surface area contributed by atoms with Gasteiger partial charge in [0.05, 0.1) is 16.3 Å². The van der Waals surface area contributed by atoms with Gasteiger partial charge in [-0.1, -0.05) is 23.2 Å². The number of amides is 1. The lowest BCUT2D eigenvalue weighted by Crippen LogP contribution is -2.14. The molecule has 0 saturated carbocycles. The van der Waals surface area contributed by atoms with Gasteiger partial charge >= 0.3 is 0 Å². The molecule has 0 spiro atoms. The SMILES string of the molecule is Cc1ccc(F)c(C(=O)Nc2ccc(N)c(Cl)c2)c1. The van der Waals surface area contributed by atoms with Crippen molar-refractivity contribution in [1.29, 1.82) is 0 Å². The Morgan fingerprint density at radius 2 is 2.00 bits per heavy atom. The van der Waals surface area contributed by atoms with E-state index in [1.54, 1.807) is 25.1 Å². The number of nitrogens with two attached hydrogens (primary N) is 1. The first kappa shape index (κ1) is 13.4. The molecule has 0 radical (unpaired) electrons. The Labute approximate surface area is 115 Å². The van der Waals surface area contributed by atoms with Crippen LogP contribution in [0.1, 0.15) is 15.9 Å². The molecule has 0 saturated heterocycles. The minimum atomic E-state index is -0.565. The van der Waals surface area contributed by atoms with E-state index in [-0.39, 0.29) is 5.56 Å². The lowest BCUT2D eigenvalue weighted by atomic mass is 10.1. The fourth-order valence-electron chi connectivity index (χ4n) is 1.62. The fraction of sp³-hybridized carbons (Fsp3) is 0.0714. The van der Waals surface area contributed by atoms with Crippen molar-refractivity contribution in [3.8, 4) is 0 Å². The molecule has 0 bridgehead atoms. The minimum absolute atomic E-state index is 0.00653. The van der Waals surface area contributed by atoms with Gasteiger partial charge in [-0.15, -0.1) is 0 Å². The summed E-state index contributed by atoms with van der Waals surface area (Å²) in [7, 11) is 0. The Bertz CT molecular complexity index is 643. The van der Waals surface area contributed by atoms with Crippen LogP contribution in [0, 0.1) is 12.7 Å². The summed E-state index contributed by atoms with van der Waals surface area (Å²) in [5.41, 5.74) is 7.25. The molecule has 1 amide bonds. The maximum atomic E-state index is 13.6. The van der Waals surface area contributed by atoms with Crippen molar-refractivity contribution in [2.75, 3.05) is 11.1 Å². The zero-order valence-electron chi connectivity index (χ0n) is 10.2. The Balaban J connectivity index is 2.25. The molecule has 0 atom stereocenters. The second kappa shape index (κ2) is 5.28. The van der Waals surface area contributed by atoms with Crippen LogP contribution in [0.3, 0.4) is 0 Å². The monoisotopic (exact) mass is 278 g/mol. The van der Waals surface area contributed by atoms with Crippen LogP contribution in [0.25, 0.3) is 0 Å². The molecule has 3 nitrogen and oxygen atoms in total. The molecule has 0 aliphatic rings. The van der Waals surface area contributed by atoms with Gasteiger partial charge in [0.1, 0.15) is 5.82 Å². The van der Waals surface area contributed by atoms with Gasteiger partial charge in [0, 0.05) is 5.69 Å². The summed E-state index contributed by atoms with van der Waals surface area (Å²) in [6.45, 7) is 1.79. The normalized spacial score (nSPS) is 10.3. The first-order valence-electron chi connectivity index (χ1n) is 5.60. The average molecular weight is 279 g/mol. The number of rotatable bonds is 2. The number of halogens is 2. The van der Waals surface area contributed by atoms with Gasteiger partial charge in [-0.25, -0.2) is 4.39 Å². The van der Waals surface area contributed by atoms with Crippen molar-refractivity contribution in [2.45, 2.75) is 6.92 Å². The zero-order chi connectivity index (χ0) is 14.0. The van der Waals surface area contributed by atoms with E-state index in [2.05, 4.69) is 5.32 Å². The number of hydrogen-bond acceptors (Lipinski definition) is 2. The molecule has 5 heteroatoms. The van der Waals surface area contributed by atoms with E-state index < -0.39 is 11.7 Å². The highest BCUT2D eigenvalue weighted by atomic mass is 35.5. The van der Waals surface area contributed by atoms with Crippen LogP contribution in [0.5, 0.6) is 0 Å². The molecule has 2 aromatic carbocycles. The van der Waals surface area contributed by atoms with E-state index in [1.165, 1.54) is 18.2 Å². The van der Waals surface area contributed by atoms with E-state index >= 15 is 0 Å². The molecule has 0 unspecified atom stereocenters. The van der Waals surface area contributed by atoms with Gasteiger partial charge in [-0.2, -0.15) is 0 Å². The second-order valence-electron chi connectivity index (χ2n) is 4.17. The third kappa shape index (κ3) is 3.03. The van der Waals surface area contributed by atoms with Crippen molar-refractivity contribution in [2.24, 2.45) is 0 Å². The number of anilines is 2. The highest BCUT2D eigenvalue weighted by Gasteiger charge is 2.12. The summed E-state index contributed by atoms with van der Waals surface area (Å²) < 4.78 is 13.6. The van der Waals surface area contributed by atoms with E-state index in [9.17, 15) is 9.18 Å². The highest BCUT2D eigenvalue weighted by molar-refractivity contribution is 6.33. The Kier molecular flexibility index (Phi) is 3.71. The number of nitrogens with one attached hydrogen (secondary N) is 1. The molecular formula is C14H12ClFN2O. The summed E-state index contributed by atoms with van der Waals surface area (Å²) in [5, 5.41) is 2.91. The molecule has 0 aromatic heterocycles. The molecule has 0 aliphatic carbocycles. The Hall–Kier alpha value is -2.07. The third-order valence-corrected chi connectivity index (χ3v) is 2.95. The average Bonchev–Trinajstić information content (AvgIpc) is 2.36. The summed E-state index contributed by atoms with van der Waals surface area (Å²) >= 11 is 5.85. The van der Waals surface area contributed by atoms with Gasteiger partial charge in [-0.05, 0) is 37.3 Å². The number of carbonyl (C=O) groups excluding carboxylic acids is 1. The van der Waals surface area contributed by atoms with Gasteiger partial charge in [0.25, 0.3) is 5.91 Å². The van der Waals surface area contributed by atoms with Crippen LogP contribution in [-0.4, -0.2) is 5.91 Å². The Morgan fingerprint density at radius 3 is 2.68 bits per heavy atom. The fourth-order valence-corrected chi connectivity index (χ4v) is 1.80. The Morgan fingerprint density at radius 1 is 1.26 bits per heavy atom. The maximum absolute atomic E-state index is 13.6. The lowest BCUT2D eigenvalue weighted by molar-refractivity contribution is 0.102. The standard InChI is InChI=1S/C14H12ClFN2O/c1-8-2-4-12(16)10(6-8)14(19)18-9-3-5-13(17)11(15)7-9/h2-7H,17H2,1H3,(H,18,19). The van der Waals surface area contributed by atoms with E-state index in [0.29, 0.717) is 16.4 Å². The molecule has 0 fully saturated rings. The summed E-state index contributed by atoms with van der Waals surface area (Å²) in [6, 6.07) is 9.05. The van der Waals surface area contributed by atoms with Crippen molar-refractivity contribution in [3.63, 3.8) is 0 Å². The van der Waals surface area contributed by atoms with Gasteiger partial charge in [-0.3, -0.25) is 4.79 Å². The molecule has 0 aliphatic heterocycles. The van der Waals surface area contributed by atoms with Gasteiger partial charge in [0.15, 0.2) is 0 Å². The quantitative estimate of drug-likeness (QED) is 0.824. The number of aryl methyl sites for hydroxylation is 1. The number of benzene rings is 2. The highest BCUT2D eigenvalue weighted by Crippen LogP contribution is 2.23. The molecule has 2 aromatic rings. The van der Waals surface area contributed by atoms with Gasteiger partial charge < -0.3 is 11.1 Å². The largest absolute Gasteiger partial charge is 0.398 e. The van der Waals surface area contributed by atoms with Crippen LogP contribution < -0.4 is 11.1 Å². The second-order valence-corrected chi connectivity index (χ2v) is 4.58. The van der Waals surface area contributed by atoms with Crippen LogP contribution >= 0.6 is 11.6 Å². The summed E-state index contributed by atoms with van der Waals surface area (Å²) in [5.74, 6) is -1.09. The first-order chi connectivity index (χ1) is 8.97. The van der Waals surface area contributed by atoms with Crippen molar-refractivity contribution in [1.82, 2.24) is 0 Å². The molecule has 98 valence electrons. The lowest BCUT2D eigenvalue weighted by Gasteiger charge is -2.08. The van der Waals surface area contributed by atoms with E-state index in [0.717, 1.165) is 5.56 Å². The van der Waals surface area contributed by atoms with Crippen molar-refractivity contribution < 1.29 is 9.18 Å². The summed E-state index contributed by atoms with van der Waals surface area (Å²) in [6.07, 6.45) is 0. The topological polar surface area (TPSA) is 55.1 Å². The van der Waals surface area contributed by atoms with Crippen LogP contribution in [-0.2, 0) is 0 Å². The minimum Gasteiger partial charge on any atom is -0.398 e. The van der Waals surface area contributed by atoms with E-state index in [4.69, 9.17) is 17.3 Å². The zero-order valence-corrected chi connectivity index (χ0v) is 11.0. The number of carbonyl (C=O) groups is 1. The van der Waals surface area contributed by atoms with E-state index in [1.807, 2.05) is 0 Å². The predicted molar refractivity (Wildman–Crippen MR) is 75.0 cm³/mol. The summed E-state index contributed by atoms with van der Waals surface area (Å²) in [4.78, 5) is 12.0. The third-order valence-electron chi connectivity index (χ3n) is 2.62.